The van der Waals surface area contributed by atoms with E-state index in [1.54, 1.807) is 15.8 Å². The molecule has 3 aliphatic heterocycles. The predicted octanol–water partition coefficient (Wildman–Crippen LogP) is 1.84. The van der Waals surface area contributed by atoms with Crippen LogP contribution in [0.2, 0.25) is 0 Å². The van der Waals surface area contributed by atoms with E-state index >= 15 is 0 Å². The molecule has 0 bridgehead atoms. The van der Waals surface area contributed by atoms with Gasteiger partial charge in [0, 0.05) is 31.8 Å². The molecule has 0 saturated carbocycles. The zero-order chi connectivity index (χ0) is 28.6. The molecule has 2 saturated heterocycles. The summed E-state index contributed by atoms with van der Waals surface area (Å²) >= 11 is 0. The lowest BCUT2D eigenvalue weighted by atomic mass is 9.99. The lowest BCUT2D eigenvalue weighted by Crippen LogP contribution is -2.46. The molecule has 1 aromatic heterocycles. The van der Waals surface area contributed by atoms with Crippen molar-refractivity contribution in [2.75, 3.05) is 6.54 Å². The maximum atomic E-state index is 14.5. The van der Waals surface area contributed by atoms with Crippen molar-refractivity contribution in [1.29, 1.82) is 5.26 Å². The second-order valence-corrected chi connectivity index (χ2v) is 11.5. The van der Waals surface area contributed by atoms with Crippen LogP contribution in [0.1, 0.15) is 62.4 Å². The van der Waals surface area contributed by atoms with E-state index in [4.69, 9.17) is 4.74 Å². The van der Waals surface area contributed by atoms with Crippen LogP contribution in [-0.2, 0) is 45.4 Å². The van der Waals surface area contributed by atoms with Gasteiger partial charge >= 0.3 is 0 Å². The number of benzene rings is 1. The SMILES string of the molecule is CC(C)OCc1cnnn1Cc1cccc2c1CN(C(=O)C[C@@H]1C[C@@H](C(=O)N3CC(C)(F)C[C@H]3C#N)NC1=O)C2. The Balaban J connectivity index is 1.20. The molecule has 4 heterocycles. The van der Waals surface area contributed by atoms with Crippen molar-refractivity contribution in [3.8, 4) is 6.07 Å². The standard InChI is InChI=1S/C28H34FN7O4/c1-17(2)40-15-22-11-31-33-36(22)13-19-6-4-5-18-12-34(14-23(18)19)25(37)8-20-7-24(32-26(20)38)27(39)35-16-28(3,29)9-21(35)10-30/h4-6,11,17,20-21,24H,7-9,12-16H2,1-3H3,(H,32,38)/t20-,21-,24-,28?/m0/s1. The van der Waals surface area contributed by atoms with Crippen molar-refractivity contribution < 1.29 is 23.5 Å². The van der Waals surface area contributed by atoms with Gasteiger partial charge in [0.15, 0.2) is 0 Å². The highest BCUT2D eigenvalue weighted by Crippen LogP contribution is 2.33. The first-order chi connectivity index (χ1) is 19.0. The van der Waals surface area contributed by atoms with Crippen molar-refractivity contribution in [3.05, 3.63) is 46.8 Å². The van der Waals surface area contributed by atoms with Gasteiger partial charge in [-0.3, -0.25) is 14.4 Å². The Bertz CT molecular complexity index is 1350. The molecule has 0 aliphatic carbocycles. The Morgan fingerprint density at radius 1 is 1.32 bits per heavy atom. The Kier molecular flexibility index (Phi) is 7.59. The molecule has 0 spiro atoms. The number of amides is 3. The number of nitriles is 1. The van der Waals surface area contributed by atoms with Crippen LogP contribution < -0.4 is 5.32 Å². The molecule has 4 atom stereocenters. The first kappa shape index (κ1) is 27.7. The van der Waals surface area contributed by atoms with Gasteiger partial charge in [0.2, 0.25) is 17.7 Å². The van der Waals surface area contributed by atoms with Crippen LogP contribution >= 0.6 is 0 Å². The average Bonchev–Trinajstić information content (AvgIpc) is 3.68. The normalized spacial score (nSPS) is 25.8. The molecule has 1 N–H and O–H groups in total. The summed E-state index contributed by atoms with van der Waals surface area (Å²) < 4.78 is 22.0. The molecule has 3 aliphatic rings. The van der Waals surface area contributed by atoms with E-state index in [1.807, 2.05) is 38.1 Å². The topological polar surface area (TPSA) is 133 Å². The van der Waals surface area contributed by atoms with E-state index in [-0.39, 0.29) is 43.7 Å². The number of rotatable bonds is 8. The van der Waals surface area contributed by atoms with Gasteiger partial charge in [-0.2, -0.15) is 5.26 Å². The predicted molar refractivity (Wildman–Crippen MR) is 140 cm³/mol. The molecule has 212 valence electrons. The van der Waals surface area contributed by atoms with Crippen LogP contribution in [0.3, 0.4) is 0 Å². The third kappa shape index (κ3) is 5.70. The van der Waals surface area contributed by atoms with Gasteiger partial charge in [-0.1, -0.05) is 23.4 Å². The third-order valence-corrected chi connectivity index (χ3v) is 7.87. The van der Waals surface area contributed by atoms with E-state index in [2.05, 4.69) is 15.6 Å². The fourth-order valence-electron chi connectivity index (χ4n) is 5.76. The summed E-state index contributed by atoms with van der Waals surface area (Å²) in [7, 11) is 0. The van der Waals surface area contributed by atoms with Crippen LogP contribution in [0.4, 0.5) is 4.39 Å². The van der Waals surface area contributed by atoms with Crippen molar-refractivity contribution in [1.82, 2.24) is 30.1 Å². The number of fused-ring (bicyclic) bond motifs is 1. The van der Waals surface area contributed by atoms with E-state index in [9.17, 15) is 24.0 Å². The van der Waals surface area contributed by atoms with Crippen molar-refractivity contribution >= 4 is 17.7 Å². The summed E-state index contributed by atoms with van der Waals surface area (Å²) in [4.78, 5) is 41.9. The number of aromatic nitrogens is 3. The Labute approximate surface area is 232 Å². The molecule has 3 amide bonds. The van der Waals surface area contributed by atoms with E-state index in [1.165, 1.54) is 11.8 Å². The maximum absolute atomic E-state index is 14.5. The van der Waals surface area contributed by atoms with Gasteiger partial charge in [-0.25, -0.2) is 9.07 Å². The van der Waals surface area contributed by atoms with Crippen LogP contribution in [0.25, 0.3) is 0 Å². The average molecular weight is 552 g/mol. The van der Waals surface area contributed by atoms with Gasteiger partial charge in [0.05, 0.1) is 43.8 Å². The molecule has 11 nitrogen and oxygen atoms in total. The van der Waals surface area contributed by atoms with E-state index in [0.29, 0.717) is 26.2 Å². The molecule has 0 radical (unpaired) electrons. The zero-order valence-corrected chi connectivity index (χ0v) is 23.0. The lowest BCUT2D eigenvalue weighted by Gasteiger charge is -2.23. The van der Waals surface area contributed by atoms with Crippen molar-refractivity contribution in [2.24, 2.45) is 5.92 Å². The van der Waals surface area contributed by atoms with Crippen LogP contribution in [0.15, 0.2) is 24.4 Å². The third-order valence-electron chi connectivity index (χ3n) is 7.87. The highest BCUT2D eigenvalue weighted by Gasteiger charge is 2.47. The first-order valence-corrected chi connectivity index (χ1v) is 13.6. The number of alkyl halides is 1. The number of nitrogens with one attached hydrogen (secondary N) is 1. The van der Waals surface area contributed by atoms with Gasteiger partial charge in [-0.05, 0) is 43.9 Å². The largest absolute Gasteiger partial charge is 0.372 e. The number of likely N-dealkylation sites (tertiary alicyclic amines) is 1. The molecule has 2 fully saturated rings. The number of nitrogens with zero attached hydrogens (tertiary/aromatic N) is 6. The van der Waals surface area contributed by atoms with Crippen molar-refractivity contribution in [3.63, 3.8) is 0 Å². The minimum absolute atomic E-state index is 0.0266. The highest BCUT2D eigenvalue weighted by molar-refractivity contribution is 5.94. The van der Waals surface area contributed by atoms with Crippen LogP contribution in [-0.4, -0.2) is 72.9 Å². The smallest absolute Gasteiger partial charge is 0.246 e. The van der Waals surface area contributed by atoms with Gasteiger partial charge < -0.3 is 19.9 Å². The summed E-state index contributed by atoms with van der Waals surface area (Å²) in [6, 6.07) is 6.21. The summed E-state index contributed by atoms with van der Waals surface area (Å²) in [6.45, 7) is 6.87. The quantitative estimate of drug-likeness (QED) is 0.529. The van der Waals surface area contributed by atoms with Gasteiger partial charge in [-0.15, -0.1) is 5.10 Å². The second kappa shape index (κ2) is 11.0. The van der Waals surface area contributed by atoms with Gasteiger partial charge in [0.25, 0.3) is 0 Å². The Hall–Kier alpha value is -3.85. The fourth-order valence-corrected chi connectivity index (χ4v) is 5.76. The number of halogens is 1. The number of hydrogen-bond acceptors (Lipinski definition) is 7. The van der Waals surface area contributed by atoms with E-state index < -0.39 is 29.6 Å². The summed E-state index contributed by atoms with van der Waals surface area (Å²) in [5, 5.41) is 20.3. The monoisotopic (exact) mass is 551 g/mol. The lowest BCUT2D eigenvalue weighted by molar-refractivity contribution is -0.135. The zero-order valence-electron chi connectivity index (χ0n) is 23.0. The molecule has 2 aromatic rings. The molecule has 1 unspecified atom stereocenters. The number of carbonyl (C=O) groups excluding carboxylic acids is 3. The fraction of sp³-hybridized carbons (Fsp3) is 0.571. The molecule has 12 heteroatoms. The number of ether oxygens (including phenoxy) is 1. The first-order valence-electron chi connectivity index (χ1n) is 13.6. The Morgan fingerprint density at radius 3 is 2.88 bits per heavy atom. The van der Waals surface area contributed by atoms with Gasteiger partial charge in [0.1, 0.15) is 17.8 Å². The highest BCUT2D eigenvalue weighted by atomic mass is 19.1. The minimum atomic E-state index is -1.64. The molecule has 5 rings (SSSR count). The molecular formula is C28H34FN7O4. The summed E-state index contributed by atoms with van der Waals surface area (Å²) in [6.07, 6.45) is 1.83. The maximum Gasteiger partial charge on any atom is 0.246 e. The minimum Gasteiger partial charge on any atom is -0.372 e. The molecule has 1 aromatic carbocycles. The molecular weight excluding hydrogens is 517 g/mol. The van der Waals surface area contributed by atoms with E-state index in [0.717, 1.165) is 22.4 Å². The number of carbonyl (C=O) groups is 3. The van der Waals surface area contributed by atoms with Crippen LogP contribution in [0, 0.1) is 17.2 Å². The van der Waals surface area contributed by atoms with Crippen LogP contribution in [0.5, 0.6) is 0 Å². The number of hydrogen-bond donors (Lipinski definition) is 1. The Morgan fingerprint density at radius 2 is 2.12 bits per heavy atom. The van der Waals surface area contributed by atoms with Crippen molar-refractivity contribution in [2.45, 2.75) is 90.1 Å². The molecule has 40 heavy (non-hydrogen) atoms. The second-order valence-electron chi connectivity index (χ2n) is 11.5. The summed E-state index contributed by atoms with van der Waals surface area (Å²) in [5.41, 5.74) is 2.35. The summed E-state index contributed by atoms with van der Waals surface area (Å²) in [5.74, 6) is -1.68.